The van der Waals surface area contributed by atoms with Crippen LogP contribution in [0.15, 0.2) is 48.7 Å². The van der Waals surface area contributed by atoms with Crippen molar-refractivity contribution in [3.8, 4) is 11.5 Å². The molecule has 0 N–H and O–H groups in total. The van der Waals surface area contributed by atoms with Crippen LogP contribution >= 0.6 is 24.0 Å². The van der Waals surface area contributed by atoms with Crippen LogP contribution in [-0.2, 0) is 5.88 Å². The monoisotopic (exact) mass is 255 g/mol. The third kappa shape index (κ3) is 3.40. The maximum absolute atomic E-state index is 5.64. The van der Waals surface area contributed by atoms with Gasteiger partial charge in [-0.15, -0.1) is 24.0 Å². The van der Waals surface area contributed by atoms with Gasteiger partial charge in [-0.1, -0.05) is 18.2 Å². The molecule has 2 rings (SSSR count). The van der Waals surface area contributed by atoms with E-state index < -0.39 is 0 Å². The summed E-state index contributed by atoms with van der Waals surface area (Å²) in [5.41, 5.74) is 0.845. The van der Waals surface area contributed by atoms with Crippen LogP contribution in [0.4, 0.5) is 0 Å². The summed E-state index contributed by atoms with van der Waals surface area (Å²) >= 11 is 5.64. The standard InChI is InChI=1S/C12H10ClNO.ClH/c13-8-10-6-7-12(9-14-10)15-11-4-2-1-3-5-11;/h1-7,9H,8H2;1H. The molecule has 0 radical (unpaired) electrons. The highest BCUT2D eigenvalue weighted by atomic mass is 35.5. The van der Waals surface area contributed by atoms with Gasteiger partial charge in [-0.3, -0.25) is 4.98 Å². The van der Waals surface area contributed by atoms with Gasteiger partial charge in [0.1, 0.15) is 11.5 Å². The Balaban J connectivity index is 0.00000128. The highest BCUT2D eigenvalue weighted by molar-refractivity contribution is 6.16. The third-order valence-electron chi connectivity index (χ3n) is 1.91. The second kappa shape index (κ2) is 6.36. The van der Waals surface area contributed by atoms with Crippen LogP contribution in [0.2, 0.25) is 0 Å². The van der Waals surface area contributed by atoms with E-state index in [1.807, 2.05) is 42.5 Å². The molecule has 0 bridgehead atoms. The van der Waals surface area contributed by atoms with E-state index in [9.17, 15) is 0 Å². The van der Waals surface area contributed by atoms with Gasteiger partial charge < -0.3 is 4.74 Å². The normalized spacial score (nSPS) is 9.31. The molecule has 0 amide bonds. The van der Waals surface area contributed by atoms with E-state index in [-0.39, 0.29) is 12.4 Å². The van der Waals surface area contributed by atoms with E-state index in [2.05, 4.69) is 4.98 Å². The third-order valence-corrected chi connectivity index (χ3v) is 2.19. The molecule has 0 saturated carbocycles. The Morgan fingerprint density at radius 3 is 2.31 bits per heavy atom. The van der Waals surface area contributed by atoms with Crippen molar-refractivity contribution in [1.29, 1.82) is 0 Å². The van der Waals surface area contributed by atoms with E-state index in [4.69, 9.17) is 16.3 Å². The van der Waals surface area contributed by atoms with E-state index in [0.717, 1.165) is 17.2 Å². The lowest BCUT2D eigenvalue weighted by Crippen LogP contribution is -1.87. The molecule has 1 heterocycles. The maximum Gasteiger partial charge on any atom is 0.145 e. The number of hydrogen-bond acceptors (Lipinski definition) is 2. The van der Waals surface area contributed by atoms with Crippen molar-refractivity contribution in [2.24, 2.45) is 0 Å². The van der Waals surface area contributed by atoms with Crippen LogP contribution in [0.25, 0.3) is 0 Å². The lowest BCUT2D eigenvalue weighted by Gasteiger charge is -2.04. The molecule has 1 aromatic heterocycles. The highest BCUT2D eigenvalue weighted by Gasteiger charge is 1.97. The summed E-state index contributed by atoms with van der Waals surface area (Å²) in [6.07, 6.45) is 1.67. The van der Waals surface area contributed by atoms with Gasteiger partial charge >= 0.3 is 0 Å². The fraction of sp³-hybridized carbons (Fsp3) is 0.0833. The second-order valence-electron chi connectivity index (χ2n) is 3.03. The zero-order valence-electron chi connectivity index (χ0n) is 8.47. The molecule has 0 atom stereocenters. The number of halogens is 2. The number of ether oxygens (including phenoxy) is 1. The van der Waals surface area contributed by atoms with Crippen molar-refractivity contribution < 1.29 is 4.74 Å². The van der Waals surface area contributed by atoms with Crippen LogP contribution in [0.5, 0.6) is 11.5 Å². The van der Waals surface area contributed by atoms with Gasteiger partial charge in [0, 0.05) is 0 Å². The molecule has 0 unspecified atom stereocenters. The number of hydrogen-bond donors (Lipinski definition) is 0. The number of rotatable bonds is 3. The van der Waals surface area contributed by atoms with Gasteiger partial charge in [0.25, 0.3) is 0 Å². The smallest absolute Gasteiger partial charge is 0.145 e. The van der Waals surface area contributed by atoms with Gasteiger partial charge in [0.2, 0.25) is 0 Å². The predicted octanol–water partition coefficient (Wildman–Crippen LogP) is 4.03. The molecule has 84 valence electrons. The molecule has 0 spiro atoms. The summed E-state index contributed by atoms with van der Waals surface area (Å²) in [6.45, 7) is 0. The summed E-state index contributed by atoms with van der Waals surface area (Å²) in [6, 6.07) is 13.3. The zero-order valence-corrected chi connectivity index (χ0v) is 10.0. The van der Waals surface area contributed by atoms with Gasteiger partial charge in [0.05, 0.1) is 17.8 Å². The molecule has 1 aromatic carbocycles. The Morgan fingerprint density at radius 1 is 1.00 bits per heavy atom. The molecule has 2 nitrogen and oxygen atoms in total. The molecule has 0 aliphatic rings. The van der Waals surface area contributed by atoms with Crippen molar-refractivity contribution >= 4 is 24.0 Å². The van der Waals surface area contributed by atoms with Crippen LogP contribution in [0.1, 0.15) is 5.69 Å². The highest BCUT2D eigenvalue weighted by Crippen LogP contribution is 2.19. The SMILES string of the molecule is Cl.ClCc1ccc(Oc2ccccc2)cn1. The number of benzene rings is 1. The Morgan fingerprint density at radius 2 is 1.75 bits per heavy atom. The minimum absolute atomic E-state index is 0. The molecule has 16 heavy (non-hydrogen) atoms. The lowest BCUT2D eigenvalue weighted by atomic mass is 10.3. The first kappa shape index (κ1) is 12.8. The van der Waals surface area contributed by atoms with Crippen LogP contribution in [-0.4, -0.2) is 4.98 Å². The first-order valence-corrected chi connectivity index (χ1v) is 5.16. The van der Waals surface area contributed by atoms with Crippen molar-refractivity contribution in [3.05, 3.63) is 54.4 Å². The second-order valence-corrected chi connectivity index (χ2v) is 3.30. The molecule has 0 aliphatic carbocycles. The average molecular weight is 256 g/mol. The minimum atomic E-state index is 0. The van der Waals surface area contributed by atoms with Crippen LogP contribution < -0.4 is 4.74 Å². The largest absolute Gasteiger partial charge is 0.456 e. The fourth-order valence-corrected chi connectivity index (χ4v) is 1.33. The average Bonchev–Trinajstić information content (AvgIpc) is 2.31. The first-order chi connectivity index (χ1) is 7.38. The molecule has 2 aromatic rings. The molecular formula is C12H11Cl2NO. The number of aromatic nitrogens is 1. The number of alkyl halides is 1. The Hall–Kier alpha value is -1.25. The van der Waals surface area contributed by atoms with Gasteiger partial charge in [-0.05, 0) is 24.3 Å². The number of para-hydroxylation sites is 1. The van der Waals surface area contributed by atoms with E-state index in [1.54, 1.807) is 6.20 Å². The lowest BCUT2D eigenvalue weighted by molar-refractivity contribution is 0.480. The Kier molecular flexibility index (Phi) is 5.09. The van der Waals surface area contributed by atoms with Crippen molar-refractivity contribution in [2.45, 2.75) is 5.88 Å². The van der Waals surface area contributed by atoms with E-state index >= 15 is 0 Å². The quantitative estimate of drug-likeness (QED) is 0.773. The summed E-state index contributed by atoms with van der Waals surface area (Å²) in [7, 11) is 0. The molecule has 0 saturated heterocycles. The van der Waals surface area contributed by atoms with Crippen molar-refractivity contribution in [2.75, 3.05) is 0 Å². The van der Waals surface area contributed by atoms with Crippen molar-refractivity contribution in [1.82, 2.24) is 4.98 Å². The Labute approximate surface area is 106 Å². The minimum Gasteiger partial charge on any atom is -0.456 e. The number of nitrogens with zero attached hydrogens (tertiary/aromatic N) is 1. The predicted molar refractivity (Wildman–Crippen MR) is 67.6 cm³/mol. The maximum atomic E-state index is 5.64. The molecule has 0 aliphatic heterocycles. The van der Waals surface area contributed by atoms with Gasteiger partial charge in [0.15, 0.2) is 0 Å². The summed E-state index contributed by atoms with van der Waals surface area (Å²) in [5.74, 6) is 1.94. The molecule has 0 fully saturated rings. The fourth-order valence-electron chi connectivity index (χ4n) is 1.17. The summed E-state index contributed by atoms with van der Waals surface area (Å²) in [5, 5.41) is 0. The topological polar surface area (TPSA) is 22.1 Å². The molecule has 4 heteroatoms. The first-order valence-electron chi connectivity index (χ1n) is 4.62. The van der Waals surface area contributed by atoms with Crippen molar-refractivity contribution in [3.63, 3.8) is 0 Å². The summed E-state index contributed by atoms with van der Waals surface area (Å²) < 4.78 is 5.57. The van der Waals surface area contributed by atoms with E-state index in [0.29, 0.717) is 5.88 Å². The van der Waals surface area contributed by atoms with E-state index in [1.165, 1.54) is 0 Å². The van der Waals surface area contributed by atoms with Crippen LogP contribution in [0.3, 0.4) is 0 Å². The van der Waals surface area contributed by atoms with Gasteiger partial charge in [-0.25, -0.2) is 0 Å². The number of pyridine rings is 1. The zero-order chi connectivity index (χ0) is 10.5. The molecular weight excluding hydrogens is 245 g/mol. The summed E-state index contributed by atoms with van der Waals surface area (Å²) in [4.78, 5) is 4.14. The van der Waals surface area contributed by atoms with Gasteiger partial charge in [-0.2, -0.15) is 0 Å². The van der Waals surface area contributed by atoms with Crippen LogP contribution in [0, 0.1) is 0 Å². The Bertz CT molecular complexity index is 417.